The number of nitrogens with zero attached hydrogens (tertiary/aromatic N) is 4. The normalized spacial score (nSPS) is 18.5. The van der Waals surface area contributed by atoms with Crippen molar-refractivity contribution in [2.75, 3.05) is 18.5 Å². The van der Waals surface area contributed by atoms with Crippen molar-refractivity contribution in [3.05, 3.63) is 64.7 Å². The van der Waals surface area contributed by atoms with Gasteiger partial charge in [-0.25, -0.2) is 4.98 Å². The van der Waals surface area contributed by atoms with Gasteiger partial charge in [0.2, 0.25) is 0 Å². The summed E-state index contributed by atoms with van der Waals surface area (Å²) in [5.41, 5.74) is 6.88. The number of hydrogen-bond acceptors (Lipinski definition) is 5. The van der Waals surface area contributed by atoms with Crippen molar-refractivity contribution in [3.63, 3.8) is 0 Å². The maximum absolute atomic E-state index is 13.5. The minimum atomic E-state index is -4.47. The summed E-state index contributed by atoms with van der Waals surface area (Å²) in [4.78, 5) is 9.81. The number of pyridine rings is 1. The largest absolute Gasteiger partial charge is 0.435 e. The van der Waals surface area contributed by atoms with E-state index in [0.717, 1.165) is 58.4 Å². The Balaban J connectivity index is 1.36. The van der Waals surface area contributed by atoms with Gasteiger partial charge in [-0.1, -0.05) is 0 Å². The minimum absolute atomic E-state index is 0.168. The Kier molecular flexibility index (Phi) is 5.53. The number of fused-ring (bicyclic) bond motifs is 2. The number of aromatic nitrogens is 4. The van der Waals surface area contributed by atoms with E-state index in [0.29, 0.717) is 13.2 Å². The van der Waals surface area contributed by atoms with Gasteiger partial charge in [0.1, 0.15) is 5.65 Å². The molecule has 0 radical (unpaired) electrons. The summed E-state index contributed by atoms with van der Waals surface area (Å²) in [7, 11) is 1.52. The molecule has 1 saturated heterocycles. The van der Waals surface area contributed by atoms with E-state index in [1.54, 1.807) is 0 Å². The highest BCUT2D eigenvalue weighted by Crippen LogP contribution is 2.39. The third-order valence-electron chi connectivity index (χ3n) is 7.23. The van der Waals surface area contributed by atoms with E-state index >= 15 is 0 Å². The van der Waals surface area contributed by atoms with E-state index in [4.69, 9.17) is 0 Å². The highest BCUT2D eigenvalue weighted by molar-refractivity contribution is 5.85. The van der Waals surface area contributed by atoms with Gasteiger partial charge in [-0.2, -0.15) is 18.3 Å². The zero-order valence-corrected chi connectivity index (χ0v) is 20.2. The predicted molar refractivity (Wildman–Crippen MR) is 132 cm³/mol. The number of halogens is 3. The highest BCUT2D eigenvalue weighted by Gasteiger charge is 2.37. The second kappa shape index (κ2) is 8.63. The first-order chi connectivity index (χ1) is 17.3. The fraction of sp³-hybridized carbons (Fsp3) is 0.385. The molecule has 0 bridgehead atoms. The maximum atomic E-state index is 13.5. The molecule has 6 rings (SSSR count). The van der Waals surface area contributed by atoms with Crippen LogP contribution in [0.4, 0.5) is 18.9 Å². The highest BCUT2D eigenvalue weighted by atomic mass is 19.4. The molecule has 7 nitrogen and oxygen atoms in total. The number of alkyl halides is 3. The summed E-state index contributed by atoms with van der Waals surface area (Å²) in [5.74, 6) is 0. The Hall–Kier alpha value is -3.37. The third kappa shape index (κ3) is 4.14. The van der Waals surface area contributed by atoms with Crippen LogP contribution < -0.4 is 10.6 Å². The summed E-state index contributed by atoms with van der Waals surface area (Å²) < 4.78 is 41.8. The van der Waals surface area contributed by atoms with E-state index < -0.39 is 11.9 Å². The van der Waals surface area contributed by atoms with Crippen LogP contribution >= 0.6 is 0 Å². The Morgan fingerprint density at radius 2 is 2.03 bits per heavy atom. The molecular weight excluding hydrogens is 467 g/mol. The zero-order chi connectivity index (χ0) is 25.0. The first kappa shape index (κ1) is 23.1. The molecule has 1 atom stereocenters. The molecule has 2 aliphatic rings. The van der Waals surface area contributed by atoms with Crippen molar-refractivity contribution >= 4 is 16.7 Å². The van der Waals surface area contributed by atoms with E-state index in [1.807, 2.05) is 17.3 Å². The number of aromatic amines is 1. The second-order valence-corrected chi connectivity index (χ2v) is 9.83. The fourth-order valence-corrected chi connectivity index (χ4v) is 5.47. The summed E-state index contributed by atoms with van der Waals surface area (Å²) in [6.07, 6.45) is 2.98. The number of benzene rings is 1. The van der Waals surface area contributed by atoms with Gasteiger partial charge < -0.3 is 15.6 Å². The van der Waals surface area contributed by atoms with E-state index in [9.17, 15) is 13.2 Å². The van der Waals surface area contributed by atoms with E-state index in [-0.39, 0.29) is 18.2 Å². The van der Waals surface area contributed by atoms with Crippen LogP contribution in [0, 0.1) is 6.92 Å². The van der Waals surface area contributed by atoms with Crippen LogP contribution in [-0.2, 0) is 26.3 Å². The number of aryl methyl sites for hydroxylation is 2. The SMILES string of the molecule is Cc1c[nH]c2ncc(-c3cc4c(c([C@@H]5CCCN5)c3)CN(Cc3cn(C)nc3C(F)(F)F)CN4)cc12. The summed E-state index contributed by atoms with van der Waals surface area (Å²) in [5, 5.41) is 11.8. The van der Waals surface area contributed by atoms with Crippen molar-refractivity contribution < 1.29 is 13.2 Å². The summed E-state index contributed by atoms with van der Waals surface area (Å²) >= 11 is 0. The molecule has 10 heteroatoms. The average Bonchev–Trinajstić information content (AvgIpc) is 3.59. The molecule has 36 heavy (non-hydrogen) atoms. The number of rotatable bonds is 4. The molecule has 0 saturated carbocycles. The molecule has 5 heterocycles. The molecule has 188 valence electrons. The van der Waals surface area contributed by atoms with Gasteiger partial charge in [-0.3, -0.25) is 9.58 Å². The lowest BCUT2D eigenvalue weighted by molar-refractivity contribution is -0.142. The molecule has 0 amide bonds. The molecule has 0 unspecified atom stereocenters. The lowest BCUT2D eigenvalue weighted by atomic mass is 9.91. The van der Waals surface area contributed by atoms with Crippen LogP contribution in [0.25, 0.3) is 22.2 Å². The van der Waals surface area contributed by atoms with Crippen molar-refractivity contribution in [2.24, 2.45) is 7.05 Å². The van der Waals surface area contributed by atoms with Crippen LogP contribution in [0.3, 0.4) is 0 Å². The molecule has 4 aromatic rings. The average molecular weight is 496 g/mol. The minimum Gasteiger partial charge on any atom is -0.372 e. The van der Waals surface area contributed by atoms with Crippen LogP contribution in [0.15, 0.2) is 36.8 Å². The van der Waals surface area contributed by atoms with Crippen LogP contribution in [0.5, 0.6) is 0 Å². The second-order valence-electron chi connectivity index (χ2n) is 9.83. The van der Waals surface area contributed by atoms with Gasteiger partial charge in [-0.05, 0) is 66.8 Å². The van der Waals surface area contributed by atoms with Crippen LogP contribution in [0.2, 0.25) is 0 Å². The topological polar surface area (TPSA) is 73.8 Å². The number of hydrogen-bond donors (Lipinski definition) is 3. The Morgan fingerprint density at radius 3 is 2.81 bits per heavy atom. The first-order valence-corrected chi connectivity index (χ1v) is 12.2. The summed E-state index contributed by atoms with van der Waals surface area (Å²) in [6.45, 7) is 4.21. The lowest BCUT2D eigenvalue weighted by Gasteiger charge is -2.33. The molecule has 3 N–H and O–H groups in total. The standard InChI is InChI=1S/C26H28F3N7/c1-15-9-31-25-19(15)7-17(10-32-25)16-6-20(22-4-3-5-30-22)21-13-36(14-33-23(21)8-16)12-18-11-35(2)34-24(18)26(27,28)29/h6-11,22,30,33H,3-5,12-14H2,1-2H3,(H,31,32)/t22-/m0/s1. The van der Waals surface area contributed by atoms with Crippen LogP contribution in [-0.4, -0.2) is 37.9 Å². The lowest BCUT2D eigenvalue weighted by Crippen LogP contribution is -2.35. The maximum Gasteiger partial charge on any atom is 0.435 e. The molecule has 1 fully saturated rings. The Bertz CT molecular complexity index is 1430. The Labute approximate surface area is 206 Å². The number of nitrogens with one attached hydrogen (secondary N) is 3. The van der Waals surface area contributed by atoms with Gasteiger partial charge in [0.05, 0.1) is 6.67 Å². The molecule has 1 aromatic carbocycles. The monoisotopic (exact) mass is 495 g/mol. The molecule has 3 aromatic heterocycles. The Morgan fingerprint density at radius 1 is 1.17 bits per heavy atom. The van der Waals surface area contributed by atoms with Gasteiger partial charge >= 0.3 is 6.18 Å². The number of H-pyrrole nitrogens is 1. The van der Waals surface area contributed by atoms with E-state index in [1.165, 1.54) is 23.5 Å². The fourth-order valence-electron chi connectivity index (χ4n) is 5.47. The molecular formula is C26H28F3N7. The molecule has 0 spiro atoms. The van der Waals surface area contributed by atoms with Crippen LogP contribution in [0.1, 0.15) is 46.8 Å². The van der Waals surface area contributed by atoms with E-state index in [2.05, 4.69) is 50.8 Å². The quantitative estimate of drug-likeness (QED) is 0.367. The first-order valence-electron chi connectivity index (χ1n) is 12.2. The summed E-state index contributed by atoms with van der Waals surface area (Å²) in [6, 6.07) is 6.75. The van der Waals surface area contributed by atoms with Crippen molar-refractivity contribution in [1.82, 2.24) is 30.0 Å². The number of anilines is 1. The van der Waals surface area contributed by atoms with Crippen molar-refractivity contribution in [1.29, 1.82) is 0 Å². The molecule has 2 aliphatic heterocycles. The van der Waals surface area contributed by atoms with Gasteiger partial charge in [0.25, 0.3) is 0 Å². The van der Waals surface area contributed by atoms with Gasteiger partial charge in [0, 0.05) is 67.0 Å². The third-order valence-corrected chi connectivity index (χ3v) is 7.23. The predicted octanol–water partition coefficient (Wildman–Crippen LogP) is 5.10. The van der Waals surface area contributed by atoms with Gasteiger partial charge in [-0.15, -0.1) is 0 Å². The van der Waals surface area contributed by atoms with Crippen molar-refractivity contribution in [2.45, 2.75) is 45.1 Å². The van der Waals surface area contributed by atoms with Gasteiger partial charge in [0.15, 0.2) is 5.69 Å². The molecule has 0 aliphatic carbocycles. The zero-order valence-electron chi connectivity index (χ0n) is 20.2. The van der Waals surface area contributed by atoms with Crippen molar-refractivity contribution in [3.8, 4) is 11.1 Å². The smallest absolute Gasteiger partial charge is 0.372 e.